The molecule has 2 aromatic rings. The first kappa shape index (κ1) is 15.3. The number of hydrogen-bond donors (Lipinski definition) is 1. The van der Waals surface area contributed by atoms with Crippen molar-refractivity contribution in [3.63, 3.8) is 0 Å². The number of pyridine rings is 1. The van der Waals surface area contributed by atoms with Crippen LogP contribution in [0.5, 0.6) is 11.5 Å². The second kappa shape index (κ2) is 6.14. The minimum atomic E-state index is -0.456. The number of benzene rings is 1. The van der Waals surface area contributed by atoms with E-state index in [4.69, 9.17) is 10.00 Å². The summed E-state index contributed by atoms with van der Waals surface area (Å²) in [6, 6.07) is 8.34. The minimum absolute atomic E-state index is 0.0232. The van der Waals surface area contributed by atoms with Crippen molar-refractivity contribution in [3.8, 4) is 17.6 Å². The third-order valence-corrected chi connectivity index (χ3v) is 3.20. The molecule has 0 fully saturated rings. The SMILES string of the molecule is COc1cc(/C=N/n2c(C)cc(C)c(C#N)c2=O)ccc1O. The summed E-state index contributed by atoms with van der Waals surface area (Å²) in [5.74, 6) is 0.338. The van der Waals surface area contributed by atoms with Gasteiger partial charge >= 0.3 is 0 Å². The van der Waals surface area contributed by atoms with Gasteiger partial charge in [0.2, 0.25) is 0 Å². The van der Waals surface area contributed by atoms with Crippen LogP contribution in [0.4, 0.5) is 0 Å². The molecule has 22 heavy (non-hydrogen) atoms. The standard InChI is InChI=1S/C16H15N3O3/c1-10-6-11(2)19(16(21)13(10)8-17)18-9-12-4-5-14(20)15(7-12)22-3/h4-7,9,20H,1-3H3/b18-9+. The highest BCUT2D eigenvalue weighted by molar-refractivity contribution is 5.80. The van der Waals surface area contributed by atoms with Gasteiger partial charge < -0.3 is 9.84 Å². The lowest BCUT2D eigenvalue weighted by molar-refractivity contribution is 0.373. The first-order chi connectivity index (χ1) is 10.5. The topological polar surface area (TPSA) is 87.6 Å². The molecule has 2 rings (SSSR count). The van der Waals surface area contributed by atoms with Gasteiger partial charge in [-0.2, -0.15) is 10.4 Å². The summed E-state index contributed by atoms with van der Waals surface area (Å²) in [5.41, 5.74) is 1.53. The van der Waals surface area contributed by atoms with Crippen LogP contribution in [0.2, 0.25) is 0 Å². The zero-order valence-electron chi connectivity index (χ0n) is 12.5. The highest BCUT2D eigenvalue weighted by Crippen LogP contribution is 2.25. The Balaban J connectivity index is 2.48. The Hall–Kier alpha value is -3.07. The molecule has 1 N–H and O–H groups in total. The zero-order valence-corrected chi connectivity index (χ0v) is 12.5. The lowest BCUT2D eigenvalue weighted by Gasteiger charge is -2.07. The van der Waals surface area contributed by atoms with Gasteiger partial charge in [0.15, 0.2) is 11.5 Å². The smallest absolute Gasteiger partial charge is 0.289 e. The highest BCUT2D eigenvalue weighted by atomic mass is 16.5. The fourth-order valence-electron chi connectivity index (χ4n) is 2.06. The Morgan fingerprint density at radius 2 is 2.09 bits per heavy atom. The molecule has 0 atom stereocenters. The number of phenolic OH excluding ortho intramolecular Hbond substituents is 1. The monoisotopic (exact) mass is 297 g/mol. The van der Waals surface area contributed by atoms with Gasteiger partial charge in [-0.3, -0.25) is 4.79 Å². The summed E-state index contributed by atoms with van der Waals surface area (Å²) in [4.78, 5) is 12.2. The van der Waals surface area contributed by atoms with Crippen LogP contribution in [0.3, 0.4) is 0 Å². The van der Waals surface area contributed by atoms with Crippen LogP contribution in [-0.2, 0) is 0 Å². The first-order valence-electron chi connectivity index (χ1n) is 6.52. The van der Waals surface area contributed by atoms with E-state index in [0.29, 0.717) is 22.6 Å². The molecule has 1 aromatic carbocycles. The summed E-state index contributed by atoms with van der Waals surface area (Å²) in [5, 5.41) is 22.7. The number of nitriles is 1. The molecule has 1 heterocycles. The van der Waals surface area contributed by atoms with E-state index in [0.717, 1.165) is 0 Å². The number of rotatable bonds is 3. The number of aromatic nitrogens is 1. The summed E-state index contributed by atoms with van der Waals surface area (Å²) in [7, 11) is 1.45. The van der Waals surface area contributed by atoms with Gasteiger partial charge in [0.05, 0.1) is 13.3 Å². The average molecular weight is 297 g/mol. The maximum atomic E-state index is 12.2. The lowest BCUT2D eigenvalue weighted by Crippen LogP contribution is -2.22. The predicted molar refractivity (Wildman–Crippen MR) is 82.5 cm³/mol. The van der Waals surface area contributed by atoms with Gasteiger partial charge in [-0.1, -0.05) is 0 Å². The molecule has 0 aliphatic carbocycles. The second-order valence-electron chi connectivity index (χ2n) is 4.75. The van der Waals surface area contributed by atoms with Crippen LogP contribution >= 0.6 is 0 Å². The molecule has 0 unspecified atom stereocenters. The zero-order chi connectivity index (χ0) is 16.3. The van der Waals surface area contributed by atoms with Crippen molar-refractivity contribution in [2.45, 2.75) is 13.8 Å². The third kappa shape index (κ3) is 2.83. The van der Waals surface area contributed by atoms with E-state index in [2.05, 4.69) is 5.10 Å². The van der Waals surface area contributed by atoms with Crippen LogP contribution in [-0.4, -0.2) is 23.1 Å². The molecule has 0 bridgehead atoms. The van der Waals surface area contributed by atoms with E-state index in [9.17, 15) is 9.90 Å². The van der Waals surface area contributed by atoms with Crippen LogP contribution in [0.15, 0.2) is 34.2 Å². The predicted octanol–water partition coefficient (Wildman–Crippen LogP) is 1.93. The largest absolute Gasteiger partial charge is 0.504 e. The van der Waals surface area contributed by atoms with E-state index < -0.39 is 5.56 Å². The lowest BCUT2D eigenvalue weighted by atomic mass is 10.1. The minimum Gasteiger partial charge on any atom is -0.504 e. The summed E-state index contributed by atoms with van der Waals surface area (Å²) < 4.78 is 6.19. The van der Waals surface area contributed by atoms with Crippen LogP contribution in [0, 0.1) is 25.2 Å². The Bertz CT molecular complexity index is 845. The molecule has 0 amide bonds. The molecular weight excluding hydrogens is 282 g/mol. The van der Waals surface area contributed by atoms with Crippen molar-refractivity contribution in [1.82, 2.24) is 4.68 Å². The number of methoxy groups -OCH3 is 1. The molecule has 112 valence electrons. The van der Waals surface area contributed by atoms with Crippen molar-refractivity contribution < 1.29 is 9.84 Å². The number of aromatic hydroxyl groups is 1. The van der Waals surface area contributed by atoms with Gasteiger partial charge in [0.1, 0.15) is 11.6 Å². The summed E-state index contributed by atoms with van der Waals surface area (Å²) in [6.45, 7) is 3.45. The molecule has 0 spiro atoms. The second-order valence-corrected chi connectivity index (χ2v) is 4.75. The number of nitrogens with zero attached hydrogens (tertiary/aromatic N) is 3. The molecule has 0 aliphatic rings. The van der Waals surface area contributed by atoms with Crippen molar-refractivity contribution in [2.75, 3.05) is 7.11 Å². The van der Waals surface area contributed by atoms with Crippen molar-refractivity contribution in [2.24, 2.45) is 5.10 Å². The van der Waals surface area contributed by atoms with Gasteiger partial charge in [0.25, 0.3) is 5.56 Å². The van der Waals surface area contributed by atoms with Gasteiger partial charge in [0, 0.05) is 5.69 Å². The van der Waals surface area contributed by atoms with E-state index in [1.54, 1.807) is 32.0 Å². The van der Waals surface area contributed by atoms with Crippen molar-refractivity contribution in [1.29, 1.82) is 5.26 Å². The fourth-order valence-corrected chi connectivity index (χ4v) is 2.06. The molecular formula is C16H15N3O3. The maximum absolute atomic E-state index is 12.2. The molecule has 0 saturated carbocycles. The Morgan fingerprint density at radius 3 is 2.73 bits per heavy atom. The van der Waals surface area contributed by atoms with Gasteiger partial charge in [-0.25, -0.2) is 4.68 Å². The van der Waals surface area contributed by atoms with E-state index >= 15 is 0 Å². The van der Waals surface area contributed by atoms with E-state index in [1.807, 2.05) is 6.07 Å². The van der Waals surface area contributed by atoms with Crippen LogP contribution in [0.1, 0.15) is 22.4 Å². The van der Waals surface area contributed by atoms with Crippen LogP contribution in [0.25, 0.3) is 0 Å². The fraction of sp³-hybridized carbons (Fsp3) is 0.188. The van der Waals surface area contributed by atoms with Crippen LogP contribution < -0.4 is 10.3 Å². The molecule has 0 saturated heterocycles. The number of aryl methyl sites for hydroxylation is 2. The molecule has 6 nitrogen and oxygen atoms in total. The summed E-state index contributed by atoms with van der Waals surface area (Å²) >= 11 is 0. The maximum Gasteiger partial charge on any atom is 0.289 e. The quantitative estimate of drug-likeness (QED) is 0.877. The van der Waals surface area contributed by atoms with Crippen molar-refractivity contribution in [3.05, 3.63) is 57.0 Å². The van der Waals surface area contributed by atoms with E-state index in [1.165, 1.54) is 24.1 Å². The Morgan fingerprint density at radius 1 is 1.36 bits per heavy atom. The molecule has 1 aromatic heterocycles. The highest BCUT2D eigenvalue weighted by Gasteiger charge is 2.09. The Labute approximate surface area is 127 Å². The number of phenols is 1. The third-order valence-electron chi connectivity index (χ3n) is 3.20. The summed E-state index contributed by atoms with van der Waals surface area (Å²) in [6.07, 6.45) is 1.47. The van der Waals surface area contributed by atoms with Gasteiger partial charge in [-0.05, 0) is 49.2 Å². The number of ether oxygens (including phenoxy) is 1. The average Bonchev–Trinajstić information content (AvgIpc) is 2.48. The molecule has 6 heteroatoms. The number of hydrogen-bond acceptors (Lipinski definition) is 5. The van der Waals surface area contributed by atoms with Crippen molar-refractivity contribution >= 4 is 6.21 Å². The Kier molecular flexibility index (Phi) is 4.28. The van der Waals surface area contributed by atoms with Gasteiger partial charge in [-0.15, -0.1) is 0 Å². The normalized spacial score (nSPS) is 10.6. The molecule has 0 radical (unpaired) electrons. The molecule has 0 aliphatic heterocycles. The first-order valence-corrected chi connectivity index (χ1v) is 6.52. The van der Waals surface area contributed by atoms with E-state index in [-0.39, 0.29) is 11.3 Å².